The molecule has 0 spiro atoms. The van der Waals surface area contributed by atoms with Crippen LogP contribution in [0.1, 0.15) is 34.6 Å². The molecule has 0 aliphatic rings. The highest BCUT2D eigenvalue weighted by Crippen LogP contribution is 2.13. The number of hydrogen-bond donors (Lipinski definition) is 2. The topological polar surface area (TPSA) is 55.1 Å². The van der Waals surface area contributed by atoms with Crippen LogP contribution in [0.5, 0.6) is 0 Å². The van der Waals surface area contributed by atoms with Gasteiger partial charge in [0.05, 0.1) is 5.92 Å². The van der Waals surface area contributed by atoms with E-state index in [-0.39, 0.29) is 17.2 Å². The minimum Gasteiger partial charge on any atom is -0.355 e. The second-order valence-corrected chi connectivity index (χ2v) is 5.36. The minimum atomic E-state index is -0.0580. The second-order valence-electron chi connectivity index (χ2n) is 5.36. The summed E-state index contributed by atoms with van der Waals surface area (Å²) in [6.07, 6.45) is 0. The maximum atomic E-state index is 11.7. The lowest BCUT2D eigenvalue weighted by Crippen LogP contribution is -2.41. The molecular formula is C11H24N2O. The van der Waals surface area contributed by atoms with Crippen molar-refractivity contribution in [3.05, 3.63) is 0 Å². The van der Waals surface area contributed by atoms with Gasteiger partial charge in [0.2, 0.25) is 5.91 Å². The van der Waals surface area contributed by atoms with Crippen LogP contribution >= 0.6 is 0 Å². The molecule has 0 aliphatic heterocycles. The highest BCUT2D eigenvalue weighted by molar-refractivity contribution is 5.79. The summed E-state index contributed by atoms with van der Waals surface area (Å²) in [5.41, 5.74) is 5.68. The lowest BCUT2D eigenvalue weighted by Gasteiger charge is -2.23. The summed E-state index contributed by atoms with van der Waals surface area (Å²) in [6.45, 7) is 11.5. The summed E-state index contributed by atoms with van der Waals surface area (Å²) in [5, 5.41) is 2.94. The van der Waals surface area contributed by atoms with Crippen LogP contribution in [0.2, 0.25) is 0 Å². The maximum absolute atomic E-state index is 11.7. The van der Waals surface area contributed by atoms with E-state index in [0.717, 1.165) is 0 Å². The zero-order valence-electron chi connectivity index (χ0n) is 10.1. The van der Waals surface area contributed by atoms with Crippen LogP contribution in [-0.2, 0) is 4.79 Å². The Morgan fingerprint density at radius 2 is 1.86 bits per heavy atom. The van der Waals surface area contributed by atoms with E-state index in [9.17, 15) is 4.79 Å². The summed E-state index contributed by atoms with van der Waals surface area (Å²) >= 11 is 0. The molecule has 3 nitrogen and oxygen atoms in total. The summed E-state index contributed by atoms with van der Waals surface area (Å²) < 4.78 is 0. The van der Waals surface area contributed by atoms with E-state index in [2.05, 4.69) is 26.1 Å². The molecule has 0 aromatic carbocycles. The van der Waals surface area contributed by atoms with Crippen molar-refractivity contribution in [2.45, 2.75) is 34.6 Å². The molecule has 1 amide bonds. The highest BCUT2D eigenvalue weighted by Gasteiger charge is 2.21. The first-order valence-electron chi connectivity index (χ1n) is 5.25. The van der Waals surface area contributed by atoms with E-state index in [1.807, 2.05) is 13.8 Å². The minimum absolute atomic E-state index is 0.0580. The average molecular weight is 200 g/mol. The molecule has 0 saturated heterocycles. The Labute approximate surface area is 87.4 Å². The SMILES string of the molecule is CC(C)C(CN)C(=O)NCC(C)(C)C. The standard InChI is InChI=1S/C11H24N2O/c1-8(2)9(6-12)10(14)13-7-11(3,4)5/h8-9H,6-7,12H2,1-5H3,(H,13,14). The summed E-state index contributed by atoms with van der Waals surface area (Å²) in [4.78, 5) is 11.7. The van der Waals surface area contributed by atoms with Crippen molar-refractivity contribution in [3.8, 4) is 0 Å². The monoisotopic (exact) mass is 200 g/mol. The number of amides is 1. The smallest absolute Gasteiger partial charge is 0.224 e. The van der Waals surface area contributed by atoms with E-state index < -0.39 is 0 Å². The van der Waals surface area contributed by atoms with Gasteiger partial charge in [-0.1, -0.05) is 34.6 Å². The van der Waals surface area contributed by atoms with Crippen molar-refractivity contribution in [2.24, 2.45) is 23.0 Å². The molecule has 14 heavy (non-hydrogen) atoms. The molecule has 1 unspecified atom stereocenters. The van der Waals surface area contributed by atoms with Crippen LogP contribution in [0, 0.1) is 17.3 Å². The predicted octanol–water partition coefficient (Wildman–Crippen LogP) is 1.38. The van der Waals surface area contributed by atoms with E-state index in [4.69, 9.17) is 5.73 Å². The molecule has 3 N–H and O–H groups in total. The molecule has 0 aromatic heterocycles. The van der Waals surface area contributed by atoms with Crippen LogP contribution in [0.15, 0.2) is 0 Å². The van der Waals surface area contributed by atoms with Gasteiger partial charge in [-0.3, -0.25) is 4.79 Å². The Bertz CT molecular complexity index is 182. The Balaban J connectivity index is 4.06. The molecule has 0 heterocycles. The molecule has 0 aliphatic carbocycles. The number of nitrogens with one attached hydrogen (secondary N) is 1. The highest BCUT2D eigenvalue weighted by atomic mass is 16.1. The van der Waals surface area contributed by atoms with E-state index >= 15 is 0 Å². The number of hydrogen-bond acceptors (Lipinski definition) is 2. The first kappa shape index (κ1) is 13.4. The summed E-state index contributed by atoms with van der Waals surface area (Å²) in [5.74, 6) is 0.328. The third kappa shape index (κ3) is 5.22. The zero-order valence-corrected chi connectivity index (χ0v) is 10.1. The molecule has 0 radical (unpaired) electrons. The van der Waals surface area contributed by atoms with Gasteiger partial charge in [0.1, 0.15) is 0 Å². The Morgan fingerprint density at radius 3 is 2.14 bits per heavy atom. The Hall–Kier alpha value is -0.570. The molecular weight excluding hydrogens is 176 g/mol. The molecule has 0 saturated carbocycles. The second kappa shape index (κ2) is 5.35. The molecule has 0 fully saturated rings. The van der Waals surface area contributed by atoms with Gasteiger partial charge in [-0.15, -0.1) is 0 Å². The van der Waals surface area contributed by atoms with Gasteiger partial charge in [-0.2, -0.15) is 0 Å². The summed E-state index contributed by atoms with van der Waals surface area (Å²) in [6, 6.07) is 0. The van der Waals surface area contributed by atoms with E-state index in [1.54, 1.807) is 0 Å². The van der Waals surface area contributed by atoms with Gasteiger partial charge in [0.15, 0.2) is 0 Å². The molecule has 1 atom stereocenters. The Morgan fingerprint density at radius 1 is 1.36 bits per heavy atom. The number of carbonyl (C=O) groups is 1. The van der Waals surface area contributed by atoms with Crippen LogP contribution in [0.25, 0.3) is 0 Å². The van der Waals surface area contributed by atoms with Crippen molar-refractivity contribution in [3.63, 3.8) is 0 Å². The van der Waals surface area contributed by atoms with Gasteiger partial charge in [-0.25, -0.2) is 0 Å². The normalized spacial score (nSPS) is 14.2. The average Bonchev–Trinajstić information content (AvgIpc) is 2.00. The first-order chi connectivity index (χ1) is 6.28. The van der Waals surface area contributed by atoms with Crippen molar-refractivity contribution in [1.29, 1.82) is 0 Å². The first-order valence-corrected chi connectivity index (χ1v) is 5.25. The van der Waals surface area contributed by atoms with Gasteiger partial charge in [0, 0.05) is 13.1 Å². The fourth-order valence-corrected chi connectivity index (χ4v) is 1.17. The third-order valence-electron chi connectivity index (χ3n) is 2.19. The predicted molar refractivity (Wildman–Crippen MR) is 59.8 cm³/mol. The Kier molecular flexibility index (Phi) is 5.13. The van der Waals surface area contributed by atoms with Crippen molar-refractivity contribution >= 4 is 5.91 Å². The number of carbonyl (C=O) groups excluding carboxylic acids is 1. The number of rotatable bonds is 4. The van der Waals surface area contributed by atoms with Gasteiger partial charge < -0.3 is 11.1 Å². The molecule has 0 bridgehead atoms. The van der Waals surface area contributed by atoms with Gasteiger partial charge in [0.25, 0.3) is 0 Å². The zero-order chi connectivity index (χ0) is 11.4. The quantitative estimate of drug-likeness (QED) is 0.720. The van der Waals surface area contributed by atoms with Crippen LogP contribution in [0.3, 0.4) is 0 Å². The van der Waals surface area contributed by atoms with Gasteiger partial charge in [-0.05, 0) is 11.3 Å². The van der Waals surface area contributed by atoms with Gasteiger partial charge >= 0.3 is 0 Å². The number of nitrogens with two attached hydrogens (primary N) is 1. The van der Waals surface area contributed by atoms with Crippen molar-refractivity contribution in [1.82, 2.24) is 5.32 Å². The van der Waals surface area contributed by atoms with E-state index in [1.165, 1.54) is 0 Å². The fraction of sp³-hybridized carbons (Fsp3) is 0.909. The van der Waals surface area contributed by atoms with E-state index in [0.29, 0.717) is 19.0 Å². The largest absolute Gasteiger partial charge is 0.355 e. The summed E-state index contributed by atoms with van der Waals surface area (Å²) in [7, 11) is 0. The maximum Gasteiger partial charge on any atom is 0.224 e. The molecule has 0 aromatic rings. The fourth-order valence-electron chi connectivity index (χ4n) is 1.17. The van der Waals surface area contributed by atoms with Crippen LogP contribution in [0.4, 0.5) is 0 Å². The molecule has 3 heteroatoms. The van der Waals surface area contributed by atoms with Crippen molar-refractivity contribution < 1.29 is 4.79 Å². The lowest BCUT2D eigenvalue weighted by molar-refractivity contribution is -0.126. The third-order valence-corrected chi connectivity index (χ3v) is 2.19. The van der Waals surface area contributed by atoms with Crippen molar-refractivity contribution in [2.75, 3.05) is 13.1 Å². The molecule has 84 valence electrons. The lowest BCUT2D eigenvalue weighted by atomic mass is 9.93. The molecule has 0 rings (SSSR count). The van der Waals surface area contributed by atoms with Crippen LogP contribution < -0.4 is 11.1 Å². The van der Waals surface area contributed by atoms with Crippen LogP contribution in [-0.4, -0.2) is 19.0 Å².